The van der Waals surface area contributed by atoms with E-state index >= 15 is 0 Å². The monoisotopic (exact) mass is 261 g/mol. The maximum Gasteiger partial charge on any atom is 0.327 e. The van der Waals surface area contributed by atoms with Gasteiger partial charge in [-0.15, -0.1) is 12.3 Å². The molecule has 1 aromatic rings. The van der Waals surface area contributed by atoms with Crippen LogP contribution in [0.2, 0.25) is 0 Å². The Kier molecular flexibility index (Phi) is 5.42. The molecule has 0 aliphatic rings. The van der Waals surface area contributed by atoms with Gasteiger partial charge >= 0.3 is 5.97 Å². The van der Waals surface area contributed by atoms with Crippen molar-refractivity contribution in [3.05, 3.63) is 29.8 Å². The molecular formula is C14H15NO4. The molecule has 0 aliphatic carbocycles. The number of rotatable bonds is 6. The predicted octanol–water partition coefficient (Wildman–Crippen LogP) is 0.967. The summed E-state index contributed by atoms with van der Waals surface area (Å²) < 4.78 is 5.22. The molecule has 0 aromatic heterocycles. The zero-order chi connectivity index (χ0) is 14.3. The number of ether oxygens (including phenoxy) is 1. The molecule has 1 unspecified atom stereocenters. The first-order chi connectivity index (χ1) is 9.02. The van der Waals surface area contributed by atoms with E-state index in [2.05, 4.69) is 11.2 Å². The van der Waals surface area contributed by atoms with Crippen LogP contribution in [0.1, 0.15) is 12.0 Å². The smallest absolute Gasteiger partial charge is 0.327 e. The van der Waals surface area contributed by atoms with Crippen LogP contribution in [0.3, 0.4) is 0 Å². The summed E-state index contributed by atoms with van der Waals surface area (Å²) in [7, 11) is 0. The highest BCUT2D eigenvalue weighted by Gasteiger charge is 2.18. The third-order valence-corrected chi connectivity index (χ3v) is 2.35. The van der Waals surface area contributed by atoms with Gasteiger partial charge in [0, 0.05) is 6.42 Å². The van der Waals surface area contributed by atoms with E-state index in [0.717, 1.165) is 5.56 Å². The van der Waals surface area contributed by atoms with Crippen LogP contribution in [-0.4, -0.2) is 29.6 Å². The van der Waals surface area contributed by atoms with E-state index in [4.69, 9.17) is 16.3 Å². The van der Waals surface area contributed by atoms with Gasteiger partial charge in [-0.3, -0.25) is 4.79 Å². The van der Waals surface area contributed by atoms with Crippen LogP contribution in [0.15, 0.2) is 24.3 Å². The van der Waals surface area contributed by atoms with Gasteiger partial charge in [-0.05, 0) is 19.1 Å². The summed E-state index contributed by atoms with van der Waals surface area (Å²) in [6.07, 6.45) is 4.96. The van der Waals surface area contributed by atoms with Crippen molar-refractivity contribution in [1.82, 2.24) is 5.32 Å². The Labute approximate surface area is 111 Å². The van der Waals surface area contributed by atoms with E-state index in [9.17, 15) is 9.59 Å². The second-order valence-electron chi connectivity index (χ2n) is 3.97. The van der Waals surface area contributed by atoms with E-state index in [1.807, 2.05) is 19.1 Å². The molecule has 5 nitrogen and oxygen atoms in total. The van der Waals surface area contributed by atoms with Gasteiger partial charge in [-0.25, -0.2) is 4.79 Å². The lowest BCUT2D eigenvalue weighted by atomic mass is 10.2. The average Bonchev–Trinajstić information content (AvgIpc) is 2.37. The molecule has 0 spiro atoms. The molecule has 0 heterocycles. The summed E-state index contributed by atoms with van der Waals surface area (Å²) >= 11 is 0. The number of carbonyl (C=O) groups excluding carboxylic acids is 1. The Hall–Kier alpha value is -2.48. The Morgan fingerprint density at radius 2 is 2.05 bits per heavy atom. The lowest BCUT2D eigenvalue weighted by Gasteiger charge is -2.12. The van der Waals surface area contributed by atoms with Crippen molar-refractivity contribution >= 4 is 11.9 Å². The normalized spacial score (nSPS) is 11.2. The number of amides is 1. The molecule has 1 amide bonds. The summed E-state index contributed by atoms with van der Waals surface area (Å²) in [5, 5.41) is 11.1. The quantitative estimate of drug-likeness (QED) is 0.748. The lowest BCUT2D eigenvalue weighted by molar-refractivity contribution is -0.141. The number of carbonyl (C=O) groups is 2. The molecule has 100 valence electrons. The summed E-state index contributed by atoms with van der Waals surface area (Å²) in [6.45, 7) is 1.69. The number of hydrogen-bond acceptors (Lipinski definition) is 3. The minimum atomic E-state index is -1.17. The van der Waals surface area contributed by atoms with Crippen molar-refractivity contribution in [3.63, 3.8) is 0 Å². The molecule has 1 rings (SSSR count). The second-order valence-corrected chi connectivity index (χ2v) is 3.97. The molecular weight excluding hydrogens is 246 g/mol. The van der Waals surface area contributed by atoms with Crippen LogP contribution in [-0.2, 0) is 9.59 Å². The van der Waals surface area contributed by atoms with E-state index < -0.39 is 17.9 Å². The first kappa shape index (κ1) is 14.6. The molecule has 1 aromatic carbocycles. The highest BCUT2D eigenvalue weighted by atomic mass is 16.5. The summed E-state index contributed by atoms with van der Waals surface area (Å²) in [4.78, 5) is 22.3. The van der Waals surface area contributed by atoms with Gasteiger partial charge in [0.2, 0.25) is 0 Å². The molecule has 0 bridgehead atoms. The van der Waals surface area contributed by atoms with Crippen molar-refractivity contribution < 1.29 is 19.4 Å². The van der Waals surface area contributed by atoms with Crippen LogP contribution in [0.25, 0.3) is 0 Å². The van der Waals surface area contributed by atoms with Gasteiger partial charge < -0.3 is 15.2 Å². The van der Waals surface area contributed by atoms with Crippen molar-refractivity contribution in [1.29, 1.82) is 0 Å². The summed E-state index contributed by atoms with van der Waals surface area (Å²) in [5.74, 6) is 1.05. The highest BCUT2D eigenvalue weighted by molar-refractivity contribution is 5.84. The van der Waals surface area contributed by atoms with Gasteiger partial charge in [-0.1, -0.05) is 17.7 Å². The molecule has 0 saturated heterocycles. The maximum atomic E-state index is 11.5. The maximum absolute atomic E-state index is 11.5. The van der Waals surface area contributed by atoms with Crippen LogP contribution in [0.5, 0.6) is 5.75 Å². The molecule has 1 atom stereocenters. The number of hydrogen-bond donors (Lipinski definition) is 2. The summed E-state index contributed by atoms with van der Waals surface area (Å²) in [6, 6.07) is 6.09. The minimum absolute atomic E-state index is 0.0639. The number of carboxylic acid groups (broad SMARTS) is 1. The number of aliphatic carboxylic acids is 1. The standard InChI is InChI=1S/C14H15NO4/c1-3-4-12(14(17)18)15-13(16)9-19-11-7-5-10(2)6-8-11/h1,5-8,12H,4,9H2,2H3,(H,15,16)(H,17,18). The van der Waals surface area contributed by atoms with E-state index in [0.29, 0.717) is 5.75 Å². The Balaban J connectivity index is 2.45. The minimum Gasteiger partial charge on any atom is -0.484 e. The number of nitrogens with one attached hydrogen (secondary N) is 1. The second kappa shape index (κ2) is 7.07. The predicted molar refractivity (Wildman–Crippen MR) is 69.7 cm³/mol. The first-order valence-corrected chi connectivity index (χ1v) is 5.68. The number of terminal acetylenes is 1. The van der Waals surface area contributed by atoms with Crippen LogP contribution in [0.4, 0.5) is 0 Å². The van der Waals surface area contributed by atoms with Crippen molar-refractivity contribution in [2.45, 2.75) is 19.4 Å². The zero-order valence-electron chi connectivity index (χ0n) is 10.6. The fraction of sp³-hybridized carbons (Fsp3) is 0.286. The molecule has 19 heavy (non-hydrogen) atoms. The fourth-order valence-electron chi connectivity index (χ4n) is 1.34. The zero-order valence-corrected chi connectivity index (χ0v) is 10.6. The van der Waals surface area contributed by atoms with Crippen LogP contribution in [0, 0.1) is 19.3 Å². The molecule has 0 radical (unpaired) electrons. The molecule has 0 fully saturated rings. The number of benzene rings is 1. The van der Waals surface area contributed by atoms with Gasteiger partial charge in [0.05, 0.1) is 0 Å². The average molecular weight is 261 g/mol. The Bertz CT molecular complexity index is 487. The highest BCUT2D eigenvalue weighted by Crippen LogP contribution is 2.10. The van der Waals surface area contributed by atoms with E-state index in [-0.39, 0.29) is 13.0 Å². The van der Waals surface area contributed by atoms with Gasteiger partial charge in [-0.2, -0.15) is 0 Å². The molecule has 0 aliphatic heterocycles. The van der Waals surface area contributed by atoms with Gasteiger partial charge in [0.1, 0.15) is 11.8 Å². The van der Waals surface area contributed by atoms with Crippen molar-refractivity contribution in [2.24, 2.45) is 0 Å². The van der Waals surface area contributed by atoms with Crippen LogP contribution >= 0.6 is 0 Å². The molecule has 5 heteroatoms. The molecule has 0 saturated carbocycles. The molecule has 2 N–H and O–H groups in total. The van der Waals surface area contributed by atoms with Crippen molar-refractivity contribution in [3.8, 4) is 18.1 Å². The summed E-state index contributed by atoms with van der Waals surface area (Å²) in [5.41, 5.74) is 1.08. The Morgan fingerprint density at radius 3 is 2.58 bits per heavy atom. The van der Waals surface area contributed by atoms with Crippen LogP contribution < -0.4 is 10.1 Å². The van der Waals surface area contributed by atoms with Crippen molar-refractivity contribution in [2.75, 3.05) is 6.61 Å². The number of carboxylic acids is 1. The first-order valence-electron chi connectivity index (χ1n) is 5.68. The third kappa shape index (κ3) is 5.13. The third-order valence-electron chi connectivity index (χ3n) is 2.35. The van der Waals surface area contributed by atoms with Gasteiger partial charge in [0.25, 0.3) is 5.91 Å². The fourth-order valence-corrected chi connectivity index (χ4v) is 1.34. The van der Waals surface area contributed by atoms with E-state index in [1.165, 1.54) is 0 Å². The van der Waals surface area contributed by atoms with E-state index in [1.54, 1.807) is 12.1 Å². The lowest BCUT2D eigenvalue weighted by Crippen LogP contribution is -2.42. The number of aryl methyl sites for hydroxylation is 1. The van der Waals surface area contributed by atoms with Gasteiger partial charge in [0.15, 0.2) is 6.61 Å². The topological polar surface area (TPSA) is 75.6 Å². The Morgan fingerprint density at radius 1 is 1.42 bits per heavy atom. The largest absolute Gasteiger partial charge is 0.484 e. The SMILES string of the molecule is C#CCC(NC(=O)COc1ccc(C)cc1)C(=O)O.